The van der Waals surface area contributed by atoms with E-state index in [4.69, 9.17) is 12.2 Å². The molecule has 1 saturated heterocycles. The molecule has 2 aromatic rings. The van der Waals surface area contributed by atoms with Crippen LogP contribution in [0.4, 0.5) is 0 Å². The number of sulfone groups is 1. The predicted octanol–water partition coefficient (Wildman–Crippen LogP) is 1.22. The van der Waals surface area contributed by atoms with E-state index in [9.17, 15) is 13.2 Å². The van der Waals surface area contributed by atoms with Crippen molar-refractivity contribution in [3.63, 3.8) is 0 Å². The molecule has 24 heavy (non-hydrogen) atoms. The summed E-state index contributed by atoms with van der Waals surface area (Å²) < 4.78 is 24.9. The number of nitrogens with zero attached hydrogens (tertiary/aromatic N) is 2. The summed E-state index contributed by atoms with van der Waals surface area (Å²) in [5, 5.41) is 9.68. The third kappa shape index (κ3) is 3.73. The van der Waals surface area contributed by atoms with Crippen molar-refractivity contribution in [2.45, 2.75) is 25.9 Å². The lowest BCUT2D eigenvalue weighted by molar-refractivity contribution is -0.122. The van der Waals surface area contributed by atoms with Crippen molar-refractivity contribution >= 4 is 28.0 Å². The fraction of sp³-hybridized carbons (Fsp3) is 0.400. The minimum absolute atomic E-state index is 0.000261. The first kappa shape index (κ1) is 16.8. The van der Waals surface area contributed by atoms with Crippen LogP contribution in [0.15, 0.2) is 24.3 Å². The summed E-state index contributed by atoms with van der Waals surface area (Å²) in [6.07, 6.45) is 0.454. The normalized spacial score (nSPS) is 19.3. The number of amides is 1. The van der Waals surface area contributed by atoms with E-state index in [1.165, 1.54) is 0 Å². The molecule has 0 spiro atoms. The molecule has 2 N–H and O–H groups in total. The maximum absolute atomic E-state index is 12.3. The smallest absolute Gasteiger partial charge is 0.240 e. The van der Waals surface area contributed by atoms with Gasteiger partial charge in [0.1, 0.15) is 6.54 Å². The number of benzene rings is 1. The fourth-order valence-electron chi connectivity index (χ4n) is 2.79. The van der Waals surface area contributed by atoms with Gasteiger partial charge in [-0.2, -0.15) is 5.10 Å². The number of aromatic amines is 1. The van der Waals surface area contributed by atoms with Gasteiger partial charge in [-0.1, -0.05) is 23.8 Å². The van der Waals surface area contributed by atoms with Crippen molar-refractivity contribution in [3.05, 3.63) is 34.6 Å². The summed E-state index contributed by atoms with van der Waals surface area (Å²) in [4.78, 5) is 12.3. The Morgan fingerprint density at radius 1 is 1.50 bits per heavy atom. The van der Waals surface area contributed by atoms with Crippen LogP contribution in [0, 0.1) is 11.7 Å². The minimum atomic E-state index is -3.03. The Bertz CT molecular complexity index is 930. The number of aromatic nitrogens is 3. The van der Waals surface area contributed by atoms with Gasteiger partial charge in [-0.25, -0.2) is 8.42 Å². The molecule has 2 heterocycles. The van der Waals surface area contributed by atoms with E-state index in [-0.39, 0.29) is 30.0 Å². The van der Waals surface area contributed by atoms with Gasteiger partial charge in [0.05, 0.1) is 11.5 Å². The lowest BCUT2D eigenvalue weighted by Gasteiger charge is -2.12. The van der Waals surface area contributed by atoms with Crippen LogP contribution in [-0.4, -0.2) is 46.6 Å². The van der Waals surface area contributed by atoms with Crippen LogP contribution in [0.25, 0.3) is 11.4 Å². The maximum atomic E-state index is 12.3. The van der Waals surface area contributed by atoms with E-state index in [1.54, 1.807) is 4.57 Å². The summed E-state index contributed by atoms with van der Waals surface area (Å²) in [5.41, 5.74) is 1.94. The highest BCUT2D eigenvalue weighted by molar-refractivity contribution is 7.91. The van der Waals surface area contributed by atoms with Crippen LogP contribution in [0.5, 0.6) is 0 Å². The van der Waals surface area contributed by atoms with Gasteiger partial charge in [-0.15, -0.1) is 0 Å². The predicted molar refractivity (Wildman–Crippen MR) is 92.8 cm³/mol. The van der Waals surface area contributed by atoms with E-state index in [0.717, 1.165) is 11.1 Å². The molecule has 0 aliphatic carbocycles. The van der Waals surface area contributed by atoms with E-state index >= 15 is 0 Å². The zero-order valence-corrected chi connectivity index (χ0v) is 14.8. The molecule has 128 valence electrons. The van der Waals surface area contributed by atoms with Crippen molar-refractivity contribution in [3.8, 4) is 11.4 Å². The lowest BCUT2D eigenvalue weighted by atomic mass is 10.1. The van der Waals surface area contributed by atoms with Crippen LogP contribution >= 0.6 is 12.2 Å². The molecule has 1 atom stereocenters. The minimum Gasteiger partial charge on any atom is -0.351 e. The lowest BCUT2D eigenvalue weighted by Crippen LogP contribution is -2.37. The Morgan fingerprint density at radius 2 is 2.29 bits per heavy atom. The second-order valence-corrected chi connectivity index (χ2v) is 8.59. The van der Waals surface area contributed by atoms with Crippen molar-refractivity contribution in [2.75, 3.05) is 11.5 Å². The molecule has 1 amide bonds. The molecular weight excluding hydrogens is 348 g/mol. The van der Waals surface area contributed by atoms with Gasteiger partial charge < -0.3 is 5.32 Å². The molecule has 0 bridgehead atoms. The molecule has 0 radical (unpaired) electrons. The van der Waals surface area contributed by atoms with Gasteiger partial charge in [0.2, 0.25) is 5.91 Å². The molecule has 1 aliphatic rings. The number of carbonyl (C=O) groups excluding carboxylic acids is 1. The number of hydrogen-bond donors (Lipinski definition) is 2. The van der Waals surface area contributed by atoms with E-state index in [0.29, 0.717) is 17.0 Å². The number of aryl methyl sites for hydroxylation is 1. The third-order valence-electron chi connectivity index (χ3n) is 3.93. The number of nitrogens with one attached hydrogen (secondary N) is 2. The third-order valence-corrected chi connectivity index (χ3v) is 6.01. The zero-order valence-electron chi connectivity index (χ0n) is 13.2. The molecule has 7 nitrogen and oxygen atoms in total. The Hall–Kier alpha value is -2.00. The molecular formula is C15H18N4O3S2. The fourth-order valence-corrected chi connectivity index (χ4v) is 4.66. The topological polar surface area (TPSA) is 96.8 Å². The highest BCUT2D eigenvalue weighted by Gasteiger charge is 2.29. The summed E-state index contributed by atoms with van der Waals surface area (Å²) in [7, 11) is -3.03. The van der Waals surface area contributed by atoms with Gasteiger partial charge in [0.25, 0.3) is 0 Å². The molecule has 1 aromatic heterocycles. The first-order valence-electron chi connectivity index (χ1n) is 7.56. The average molecular weight is 366 g/mol. The van der Waals surface area contributed by atoms with Crippen LogP contribution in [-0.2, 0) is 21.2 Å². The highest BCUT2D eigenvalue weighted by atomic mass is 32.2. The van der Waals surface area contributed by atoms with E-state index in [1.807, 2.05) is 31.2 Å². The molecule has 1 fully saturated rings. The highest BCUT2D eigenvalue weighted by Crippen LogP contribution is 2.18. The SMILES string of the molecule is Cc1cccc(-c2n[nH]c(=S)n2CC(=O)N[C@@H]2CCS(=O)(=O)C2)c1. The summed E-state index contributed by atoms with van der Waals surface area (Å²) >= 11 is 5.21. The Balaban J connectivity index is 1.77. The van der Waals surface area contributed by atoms with Crippen molar-refractivity contribution < 1.29 is 13.2 Å². The van der Waals surface area contributed by atoms with Gasteiger partial charge in [-0.3, -0.25) is 14.5 Å². The Kier molecular flexibility index (Phi) is 4.55. The molecule has 0 unspecified atom stereocenters. The zero-order chi connectivity index (χ0) is 17.3. The van der Waals surface area contributed by atoms with Crippen molar-refractivity contribution in [1.29, 1.82) is 0 Å². The van der Waals surface area contributed by atoms with Crippen molar-refractivity contribution in [1.82, 2.24) is 20.1 Å². The average Bonchev–Trinajstić information content (AvgIpc) is 3.02. The van der Waals surface area contributed by atoms with E-state index < -0.39 is 9.84 Å². The number of rotatable bonds is 4. The first-order chi connectivity index (χ1) is 11.3. The summed E-state index contributed by atoms with van der Waals surface area (Å²) in [6, 6.07) is 7.42. The van der Waals surface area contributed by atoms with Crippen LogP contribution in [0.3, 0.4) is 0 Å². The second-order valence-electron chi connectivity index (χ2n) is 5.98. The van der Waals surface area contributed by atoms with Gasteiger partial charge >= 0.3 is 0 Å². The van der Waals surface area contributed by atoms with Crippen LogP contribution in [0.1, 0.15) is 12.0 Å². The first-order valence-corrected chi connectivity index (χ1v) is 9.79. The van der Waals surface area contributed by atoms with Crippen molar-refractivity contribution in [2.24, 2.45) is 0 Å². The van der Waals surface area contributed by atoms with Crippen LogP contribution < -0.4 is 5.32 Å². The Labute approximate surface area is 145 Å². The number of hydrogen-bond acceptors (Lipinski definition) is 5. The van der Waals surface area contributed by atoms with Crippen LogP contribution in [0.2, 0.25) is 0 Å². The summed E-state index contributed by atoms with van der Waals surface area (Å²) in [6.45, 7) is 1.97. The van der Waals surface area contributed by atoms with Gasteiger partial charge in [-0.05, 0) is 31.6 Å². The quantitative estimate of drug-likeness (QED) is 0.793. The van der Waals surface area contributed by atoms with Gasteiger partial charge in [0, 0.05) is 11.6 Å². The maximum Gasteiger partial charge on any atom is 0.240 e. The standard InChI is InChI=1S/C15H18N4O3S2/c1-10-3-2-4-11(7-10)14-17-18-15(23)19(14)8-13(20)16-12-5-6-24(21,22)9-12/h2-4,7,12H,5-6,8-9H2,1H3,(H,16,20)(H,18,23)/t12-/m1/s1. The molecule has 0 saturated carbocycles. The summed E-state index contributed by atoms with van der Waals surface area (Å²) in [5.74, 6) is 0.430. The largest absolute Gasteiger partial charge is 0.351 e. The molecule has 3 rings (SSSR count). The monoisotopic (exact) mass is 366 g/mol. The Morgan fingerprint density at radius 3 is 2.96 bits per heavy atom. The molecule has 1 aromatic carbocycles. The number of carbonyl (C=O) groups is 1. The van der Waals surface area contributed by atoms with E-state index in [2.05, 4.69) is 15.5 Å². The van der Waals surface area contributed by atoms with Gasteiger partial charge in [0.15, 0.2) is 20.4 Å². The second kappa shape index (κ2) is 6.48. The molecule has 9 heteroatoms. The molecule has 1 aliphatic heterocycles. The number of H-pyrrole nitrogens is 1.